The maximum Gasteiger partial charge on any atom is 0.249 e. The normalized spacial score (nSPS) is 26.3. The highest BCUT2D eigenvalue weighted by Crippen LogP contribution is 2.28. The van der Waals surface area contributed by atoms with Crippen molar-refractivity contribution >= 4 is 0 Å². The highest BCUT2D eigenvalue weighted by atomic mass is 16.5. The predicted octanol–water partition coefficient (Wildman–Crippen LogP) is 1.13. The van der Waals surface area contributed by atoms with Crippen LogP contribution < -0.4 is 5.73 Å². The van der Waals surface area contributed by atoms with Gasteiger partial charge < -0.3 is 19.7 Å². The summed E-state index contributed by atoms with van der Waals surface area (Å²) >= 11 is 0. The molecule has 96 valence electrons. The molecule has 0 amide bonds. The lowest BCUT2D eigenvalue weighted by Gasteiger charge is -2.15. The van der Waals surface area contributed by atoms with E-state index in [1.165, 1.54) is 0 Å². The van der Waals surface area contributed by atoms with E-state index in [4.69, 9.17) is 19.7 Å². The van der Waals surface area contributed by atoms with Crippen LogP contribution in [0.3, 0.4) is 0 Å². The lowest BCUT2D eigenvalue weighted by molar-refractivity contribution is 0.0518. The van der Waals surface area contributed by atoms with Gasteiger partial charge in [0.15, 0.2) is 0 Å². The molecule has 1 aliphatic heterocycles. The van der Waals surface area contributed by atoms with Gasteiger partial charge in [0.1, 0.15) is 11.6 Å². The van der Waals surface area contributed by atoms with Crippen molar-refractivity contribution < 1.29 is 14.0 Å². The van der Waals surface area contributed by atoms with Crippen molar-refractivity contribution in [1.29, 1.82) is 0 Å². The molecule has 1 aromatic heterocycles. The molecule has 2 heterocycles. The predicted molar refractivity (Wildman–Crippen MR) is 60.3 cm³/mol. The molecule has 2 unspecified atom stereocenters. The van der Waals surface area contributed by atoms with Gasteiger partial charge in [-0.25, -0.2) is 0 Å². The van der Waals surface area contributed by atoms with Gasteiger partial charge in [-0.1, -0.05) is 12.1 Å². The molecule has 1 aliphatic rings. The quantitative estimate of drug-likeness (QED) is 0.832. The molecule has 0 radical (unpaired) electrons. The van der Waals surface area contributed by atoms with Crippen LogP contribution in [-0.4, -0.2) is 30.0 Å². The topological polar surface area (TPSA) is 83.4 Å². The molecule has 0 saturated carbocycles. The minimum absolute atomic E-state index is 0.122. The number of hydrogen-bond donors (Lipinski definition) is 1. The third-order valence-corrected chi connectivity index (χ3v) is 2.95. The molecule has 1 fully saturated rings. The van der Waals surface area contributed by atoms with Gasteiger partial charge in [0, 0.05) is 13.2 Å². The van der Waals surface area contributed by atoms with E-state index in [9.17, 15) is 0 Å². The Morgan fingerprint density at radius 2 is 2.35 bits per heavy atom. The fourth-order valence-corrected chi connectivity index (χ4v) is 1.89. The summed E-state index contributed by atoms with van der Waals surface area (Å²) in [5.41, 5.74) is 5.52. The zero-order valence-corrected chi connectivity index (χ0v) is 10.3. The van der Waals surface area contributed by atoms with Crippen molar-refractivity contribution in [1.82, 2.24) is 10.1 Å². The molecule has 1 aromatic rings. The summed E-state index contributed by atoms with van der Waals surface area (Å²) < 4.78 is 16.0. The van der Waals surface area contributed by atoms with Crippen LogP contribution in [0.25, 0.3) is 0 Å². The highest BCUT2D eigenvalue weighted by Gasteiger charge is 2.38. The Kier molecular flexibility index (Phi) is 3.76. The molecular formula is C11H19N3O3. The monoisotopic (exact) mass is 241 g/mol. The Balaban J connectivity index is 2.14. The van der Waals surface area contributed by atoms with Crippen molar-refractivity contribution in [2.24, 2.45) is 5.73 Å². The average molecular weight is 241 g/mol. The van der Waals surface area contributed by atoms with E-state index in [0.717, 1.165) is 6.42 Å². The molecular weight excluding hydrogens is 222 g/mol. The van der Waals surface area contributed by atoms with E-state index in [-0.39, 0.29) is 6.10 Å². The van der Waals surface area contributed by atoms with Crippen molar-refractivity contribution in [3.63, 3.8) is 0 Å². The van der Waals surface area contributed by atoms with Crippen LogP contribution >= 0.6 is 0 Å². The molecule has 6 nitrogen and oxygen atoms in total. The van der Waals surface area contributed by atoms with E-state index in [2.05, 4.69) is 10.1 Å². The third kappa shape index (κ3) is 2.48. The van der Waals surface area contributed by atoms with Gasteiger partial charge in [-0.2, -0.15) is 4.98 Å². The summed E-state index contributed by atoms with van der Waals surface area (Å²) in [6, 6.07) is 0. The molecule has 1 saturated heterocycles. The van der Waals surface area contributed by atoms with E-state index < -0.39 is 5.54 Å². The van der Waals surface area contributed by atoms with Gasteiger partial charge in [0.2, 0.25) is 11.7 Å². The fraction of sp³-hybridized carbons (Fsp3) is 0.818. The second-order valence-electron chi connectivity index (χ2n) is 4.27. The largest absolute Gasteiger partial charge is 0.379 e. The molecule has 0 aliphatic carbocycles. The van der Waals surface area contributed by atoms with E-state index in [1.807, 2.05) is 13.8 Å². The third-order valence-electron chi connectivity index (χ3n) is 2.95. The van der Waals surface area contributed by atoms with Crippen molar-refractivity contribution in [2.45, 2.75) is 38.3 Å². The molecule has 0 aromatic carbocycles. The summed E-state index contributed by atoms with van der Waals surface area (Å²) in [7, 11) is 0. The number of aromatic nitrogens is 2. The van der Waals surface area contributed by atoms with Crippen molar-refractivity contribution in [2.75, 3.05) is 19.8 Å². The molecule has 2 atom stereocenters. The van der Waals surface area contributed by atoms with Gasteiger partial charge in [0.25, 0.3) is 0 Å². The first-order valence-electron chi connectivity index (χ1n) is 6.02. The van der Waals surface area contributed by atoms with Gasteiger partial charge in [0.05, 0.1) is 6.61 Å². The summed E-state index contributed by atoms with van der Waals surface area (Å²) in [5, 5.41) is 3.95. The Morgan fingerprint density at radius 3 is 2.94 bits per heavy atom. The Hall–Kier alpha value is -0.980. The number of rotatable bonds is 5. The van der Waals surface area contributed by atoms with Gasteiger partial charge in [-0.3, -0.25) is 0 Å². The first-order chi connectivity index (χ1) is 8.19. The van der Waals surface area contributed by atoms with Crippen LogP contribution in [-0.2, 0) is 15.0 Å². The second kappa shape index (κ2) is 5.12. The van der Waals surface area contributed by atoms with Crippen LogP contribution in [0.5, 0.6) is 0 Å². The summed E-state index contributed by atoms with van der Waals surface area (Å²) in [6.45, 7) is 5.66. The summed E-state index contributed by atoms with van der Waals surface area (Å²) in [5.74, 6) is 1.02. The fourth-order valence-electron chi connectivity index (χ4n) is 1.89. The number of nitrogens with two attached hydrogens (primary N) is 1. The lowest BCUT2D eigenvalue weighted by Crippen LogP contribution is -2.37. The van der Waals surface area contributed by atoms with Gasteiger partial charge in [-0.15, -0.1) is 0 Å². The number of ether oxygens (including phenoxy) is 2. The molecule has 0 spiro atoms. The van der Waals surface area contributed by atoms with Crippen LogP contribution in [0.15, 0.2) is 4.52 Å². The minimum Gasteiger partial charge on any atom is -0.379 e. The van der Waals surface area contributed by atoms with E-state index >= 15 is 0 Å². The van der Waals surface area contributed by atoms with Crippen LogP contribution in [0.4, 0.5) is 0 Å². The minimum atomic E-state index is -0.629. The standard InChI is InChI=1S/C11H19N3O3/c1-3-8(16-4-2)9-13-10(17-14-9)11(12)5-6-15-7-11/h8H,3-7,12H2,1-2H3. The van der Waals surface area contributed by atoms with Crippen molar-refractivity contribution in [3.05, 3.63) is 11.7 Å². The second-order valence-corrected chi connectivity index (χ2v) is 4.27. The first-order valence-corrected chi connectivity index (χ1v) is 6.02. The Labute approximate surface area is 100 Å². The molecule has 6 heteroatoms. The molecule has 2 N–H and O–H groups in total. The highest BCUT2D eigenvalue weighted by molar-refractivity contribution is 5.05. The average Bonchev–Trinajstić information content (AvgIpc) is 2.95. The first kappa shape index (κ1) is 12.5. The Morgan fingerprint density at radius 1 is 1.53 bits per heavy atom. The molecule has 17 heavy (non-hydrogen) atoms. The van der Waals surface area contributed by atoms with Gasteiger partial charge >= 0.3 is 0 Å². The molecule has 2 rings (SSSR count). The SMILES string of the molecule is CCOC(CC)c1noc(C2(N)CCOC2)n1. The lowest BCUT2D eigenvalue weighted by atomic mass is 10.0. The zero-order valence-electron chi connectivity index (χ0n) is 10.3. The summed E-state index contributed by atoms with van der Waals surface area (Å²) in [6.07, 6.45) is 1.39. The maximum absolute atomic E-state index is 6.15. The number of hydrogen-bond acceptors (Lipinski definition) is 6. The molecule has 0 bridgehead atoms. The van der Waals surface area contributed by atoms with Crippen LogP contribution in [0, 0.1) is 0 Å². The summed E-state index contributed by atoms with van der Waals surface area (Å²) in [4.78, 5) is 4.35. The van der Waals surface area contributed by atoms with Crippen molar-refractivity contribution in [3.8, 4) is 0 Å². The smallest absolute Gasteiger partial charge is 0.249 e. The number of nitrogens with zero attached hydrogens (tertiary/aromatic N) is 2. The van der Waals surface area contributed by atoms with Crippen LogP contribution in [0.1, 0.15) is 44.5 Å². The van der Waals surface area contributed by atoms with Crippen LogP contribution in [0.2, 0.25) is 0 Å². The maximum atomic E-state index is 6.15. The zero-order chi connectivity index (χ0) is 12.3. The Bertz CT molecular complexity index is 361. The van der Waals surface area contributed by atoms with E-state index in [1.54, 1.807) is 0 Å². The van der Waals surface area contributed by atoms with Gasteiger partial charge in [-0.05, 0) is 19.8 Å². The van der Waals surface area contributed by atoms with E-state index in [0.29, 0.717) is 38.0 Å².